The van der Waals surface area contributed by atoms with Gasteiger partial charge in [-0.1, -0.05) is 11.6 Å². The number of halogens is 1. The monoisotopic (exact) mass is 213 g/mol. The molecule has 1 aromatic rings. The van der Waals surface area contributed by atoms with Gasteiger partial charge in [-0.15, -0.1) is 10.2 Å². The fourth-order valence-electron chi connectivity index (χ4n) is 1.61. The van der Waals surface area contributed by atoms with Crippen LogP contribution in [-0.2, 0) is 4.74 Å². The van der Waals surface area contributed by atoms with Gasteiger partial charge in [-0.2, -0.15) is 0 Å². The molecule has 0 aliphatic carbocycles. The van der Waals surface area contributed by atoms with Crippen LogP contribution in [0.2, 0.25) is 5.15 Å². The summed E-state index contributed by atoms with van der Waals surface area (Å²) in [6.07, 6.45) is 1.35. The standard InChI is InChI=1S/C9H12ClN3O/c1-14-7-4-5-13(6-7)9-3-2-8(10)11-12-9/h2-3,7H,4-6H2,1H3. The van der Waals surface area contributed by atoms with E-state index in [0.717, 1.165) is 25.3 Å². The van der Waals surface area contributed by atoms with Crippen molar-refractivity contribution < 1.29 is 4.74 Å². The van der Waals surface area contributed by atoms with E-state index in [0.29, 0.717) is 11.3 Å². The van der Waals surface area contributed by atoms with E-state index in [9.17, 15) is 0 Å². The molecule has 0 N–H and O–H groups in total. The van der Waals surface area contributed by atoms with E-state index < -0.39 is 0 Å². The van der Waals surface area contributed by atoms with Gasteiger partial charge in [0.1, 0.15) is 0 Å². The fraction of sp³-hybridized carbons (Fsp3) is 0.556. The van der Waals surface area contributed by atoms with Crippen LogP contribution in [0.4, 0.5) is 5.82 Å². The Kier molecular flexibility index (Phi) is 2.84. The Labute approximate surface area is 87.8 Å². The SMILES string of the molecule is COC1CCN(c2ccc(Cl)nn2)C1. The maximum atomic E-state index is 5.66. The van der Waals surface area contributed by atoms with Gasteiger partial charge in [0.15, 0.2) is 11.0 Å². The molecule has 1 saturated heterocycles. The number of hydrogen-bond donors (Lipinski definition) is 0. The molecule has 0 saturated carbocycles. The lowest BCUT2D eigenvalue weighted by molar-refractivity contribution is 0.121. The van der Waals surface area contributed by atoms with Crippen molar-refractivity contribution in [1.29, 1.82) is 0 Å². The van der Waals surface area contributed by atoms with Crippen molar-refractivity contribution in [3.63, 3.8) is 0 Å². The van der Waals surface area contributed by atoms with Crippen molar-refractivity contribution in [2.24, 2.45) is 0 Å². The van der Waals surface area contributed by atoms with E-state index in [4.69, 9.17) is 16.3 Å². The predicted molar refractivity (Wildman–Crippen MR) is 54.7 cm³/mol. The smallest absolute Gasteiger partial charge is 0.151 e. The Balaban J connectivity index is 2.06. The lowest BCUT2D eigenvalue weighted by atomic mass is 10.3. The number of hydrogen-bond acceptors (Lipinski definition) is 4. The maximum absolute atomic E-state index is 5.66. The summed E-state index contributed by atoms with van der Waals surface area (Å²) in [5.74, 6) is 0.869. The van der Waals surface area contributed by atoms with Gasteiger partial charge < -0.3 is 9.64 Å². The highest BCUT2D eigenvalue weighted by Gasteiger charge is 2.22. The first-order valence-electron chi connectivity index (χ1n) is 4.56. The Morgan fingerprint density at radius 1 is 1.50 bits per heavy atom. The van der Waals surface area contributed by atoms with Crippen LogP contribution in [0.3, 0.4) is 0 Å². The van der Waals surface area contributed by atoms with E-state index in [1.165, 1.54) is 0 Å². The summed E-state index contributed by atoms with van der Waals surface area (Å²) in [5, 5.41) is 8.25. The van der Waals surface area contributed by atoms with E-state index in [1.54, 1.807) is 13.2 Å². The summed E-state index contributed by atoms with van der Waals surface area (Å²) in [6, 6.07) is 3.64. The van der Waals surface area contributed by atoms with Crippen LogP contribution in [0.25, 0.3) is 0 Å². The third-order valence-electron chi connectivity index (χ3n) is 2.42. The van der Waals surface area contributed by atoms with Gasteiger partial charge in [0.25, 0.3) is 0 Å². The number of aromatic nitrogens is 2. The normalized spacial score (nSPS) is 21.6. The average Bonchev–Trinajstić information content (AvgIpc) is 2.67. The van der Waals surface area contributed by atoms with Crippen LogP contribution >= 0.6 is 11.6 Å². The molecule has 1 aromatic heterocycles. The Morgan fingerprint density at radius 3 is 2.93 bits per heavy atom. The molecule has 1 aliphatic rings. The number of ether oxygens (including phenoxy) is 1. The summed E-state index contributed by atoms with van der Waals surface area (Å²) < 4.78 is 5.27. The van der Waals surface area contributed by atoms with Crippen molar-refractivity contribution >= 4 is 17.4 Å². The minimum absolute atomic E-state index is 0.312. The predicted octanol–water partition coefficient (Wildman–Crippen LogP) is 1.36. The molecule has 1 fully saturated rings. The lowest BCUT2D eigenvalue weighted by Crippen LogP contribution is -2.23. The van der Waals surface area contributed by atoms with Crippen LogP contribution in [-0.4, -0.2) is 36.5 Å². The molecule has 4 nitrogen and oxygen atoms in total. The summed E-state index contributed by atoms with van der Waals surface area (Å²) >= 11 is 5.66. The van der Waals surface area contributed by atoms with Crippen molar-refractivity contribution in [2.45, 2.75) is 12.5 Å². The molecule has 5 heteroatoms. The van der Waals surface area contributed by atoms with Crippen LogP contribution in [0.5, 0.6) is 0 Å². The van der Waals surface area contributed by atoms with E-state index >= 15 is 0 Å². The number of methoxy groups -OCH3 is 1. The topological polar surface area (TPSA) is 38.2 Å². The first kappa shape index (κ1) is 9.68. The Morgan fingerprint density at radius 2 is 2.36 bits per heavy atom. The first-order chi connectivity index (χ1) is 6.79. The number of rotatable bonds is 2. The third-order valence-corrected chi connectivity index (χ3v) is 2.62. The Bertz CT molecular complexity index is 303. The summed E-state index contributed by atoms with van der Waals surface area (Å²) in [6.45, 7) is 1.85. The molecule has 1 unspecified atom stereocenters. The molecule has 76 valence electrons. The minimum Gasteiger partial charge on any atom is -0.380 e. The minimum atomic E-state index is 0.312. The van der Waals surface area contributed by atoms with Crippen molar-refractivity contribution in [2.75, 3.05) is 25.1 Å². The lowest BCUT2D eigenvalue weighted by Gasteiger charge is -2.15. The van der Waals surface area contributed by atoms with Crippen LogP contribution < -0.4 is 4.90 Å². The second-order valence-corrected chi connectivity index (χ2v) is 3.69. The van der Waals surface area contributed by atoms with Crippen LogP contribution in [0.15, 0.2) is 12.1 Å². The highest BCUT2D eigenvalue weighted by Crippen LogP contribution is 2.19. The second kappa shape index (κ2) is 4.11. The average molecular weight is 214 g/mol. The van der Waals surface area contributed by atoms with Crippen molar-refractivity contribution in [3.8, 4) is 0 Å². The zero-order chi connectivity index (χ0) is 9.97. The van der Waals surface area contributed by atoms with Crippen LogP contribution in [0.1, 0.15) is 6.42 Å². The quantitative estimate of drug-likeness (QED) is 0.744. The zero-order valence-corrected chi connectivity index (χ0v) is 8.74. The van der Waals surface area contributed by atoms with Gasteiger partial charge >= 0.3 is 0 Å². The third kappa shape index (κ3) is 1.96. The van der Waals surface area contributed by atoms with E-state index in [1.807, 2.05) is 6.07 Å². The number of nitrogens with zero attached hydrogens (tertiary/aromatic N) is 3. The molecule has 0 aromatic carbocycles. The summed E-state index contributed by atoms with van der Waals surface area (Å²) in [7, 11) is 1.74. The molecule has 1 aliphatic heterocycles. The van der Waals surface area contributed by atoms with Gasteiger partial charge in [-0.05, 0) is 18.6 Å². The van der Waals surface area contributed by atoms with Gasteiger partial charge in [0.05, 0.1) is 6.10 Å². The van der Waals surface area contributed by atoms with E-state index in [2.05, 4.69) is 15.1 Å². The molecule has 2 rings (SSSR count). The molecule has 2 heterocycles. The van der Waals surface area contributed by atoms with Gasteiger partial charge in [-0.3, -0.25) is 0 Å². The summed E-state index contributed by atoms with van der Waals surface area (Å²) in [5.41, 5.74) is 0. The molecular weight excluding hydrogens is 202 g/mol. The van der Waals surface area contributed by atoms with E-state index in [-0.39, 0.29) is 0 Å². The zero-order valence-electron chi connectivity index (χ0n) is 7.98. The highest BCUT2D eigenvalue weighted by atomic mass is 35.5. The Hall–Kier alpha value is -0.870. The highest BCUT2D eigenvalue weighted by molar-refractivity contribution is 6.29. The second-order valence-electron chi connectivity index (χ2n) is 3.31. The summed E-state index contributed by atoms with van der Waals surface area (Å²) in [4.78, 5) is 2.15. The fourth-order valence-corrected chi connectivity index (χ4v) is 1.71. The molecular formula is C9H12ClN3O. The molecule has 0 radical (unpaired) electrons. The van der Waals surface area contributed by atoms with Gasteiger partial charge in [0, 0.05) is 20.2 Å². The largest absolute Gasteiger partial charge is 0.380 e. The van der Waals surface area contributed by atoms with Gasteiger partial charge in [0.2, 0.25) is 0 Å². The molecule has 14 heavy (non-hydrogen) atoms. The molecule has 1 atom stereocenters. The van der Waals surface area contributed by atoms with Crippen LogP contribution in [0, 0.1) is 0 Å². The first-order valence-corrected chi connectivity index (χ1v) is 4.94. The molecule has 0 amide bonds. The van der Waals surface area contributed by atoms with Crippen molar-refractivity contribution in [1.82, 2.24) is 10.2 Å². The van der Waals surface area contributed by atoms with Gasteiger partial charge in [-0.25, -0.2) is 0 Å². The van der Waals surface area contributed by atoms with Crippen molar-refractivity contribution in [3.05, 3.63) is 17.3 Å². The molecule has 0 bridgehead atoms. The molecule has 0 spiro atoms. The maximum Gasteiger partial charge on any atom is 0.151 e. The number of anilines is 1.